The molecule has 3 aromatic rings. The van der Waals surface area contributed by atoms with Crippen molar-refractivity contribution in [3.05, 3.63) is 58.0 Å². The van der Waals surface area contributed by atoms with Crippen LogP contribution in [0.5, 0.6) is 5.75 Å². The monoisotopic (exact) mass is 417 g/mol. The third-order valence-electron chi connectivity index (χ3n) is 4.76. The molecule has 4 rings (SSSR count). The zero-order chi connectivity index (χ0) is 19.8. The molecule has 0 N–H and O–H groups in total. The van der Waals surface area contributed by atoms with Crippen LogP contribution in [0.2, 0.25) is 10.0 Å². The first kappa shape index (κ1) is 18.7. The van der Waals surface area contributed by atoms with Gasteiger partial charge in [0.2, 0.25) is 0 Å². The lowest BCUT2D eigenvalue weighted by molar-refractivity contribution is 0.0612. The molecule has 28 heavy (non-hydrogen) atoms. The Kier molecular flexibility index (Phi) is 4.95. The van der Waals surface area contributed by atoms with Crippen LogP contribution in [0, 0.1) is 0 Å². The summed E-state index contributed by atoms with van der Waals surface area (Å²) in [6.45, 7) is 2.84. The molecule has 3 heterocycles. The molecule has 0 unspecified atom stereocenters. The second-order valence-electron chi connectivity index (χ2n) is 6.51. The highest BCUT2D eigenvalue weighted by atomic mass is 35.5. The molecule has 0 spiro atoms. The van der Waals surface area contributed by atoms with Crippen molar-refractivity contribution >= 4 is 29.1 Å². The van der Waals surface area contributed by atoms with E-state index >= 15 is 0 Å². The van der Waals surface area contributed by atoms with E-state index in [1.165, 1.54) is 0 Å². The topological polar surface area (TPSA) is 73.1 Å². The van der Waals surface area contributed by atoms with Crippen molar-refractivity contribution in [3.8, 4) is 17.3 Å². The van der Waals surface area contributed by atoms with Gasteiger partial charge in [-0.1, -0.05) is 29.3 Å². The SMILES string of the molecule is COc1ccnc(-c2nnc3n2C[C@@H](C)N(C(=O)c2cccc(Cl)c2Cl)C3)c1. The normalized spacial score (nSPS) is 16.0. The fourth-order valence-electron chi connectivity index (χ4n) is 3.26. The largest absolute Gasteiger partial charge is 0.497 e. The highest BCUT2D eigenvalue weighted by molar-refractivity contribution is 6.43. The first-order chi connectivity index (χ1) is 13.5. The molecule has 0 bridgehead atoms. The van der Waals surface area contributed by atoms with E-state index in [0.29, 0.717) is 46.8 Å². The predicted octanol–water partition coefficient (Wildman–Crippen LogP) is 3.70. The highest BCUT2D eigenvalue weighted by Crippen LogP contribution is 2.30. The first-order valence-electron chi connectivity index (χ1n) is 8.67. The molecule has 1 atom stereocenters. The third-order valence-corrected chi connectivity index (χ3v) is 5.58. The van der Waals surface area contributed by atoms with E-state index in [-0.39, 0.29) is 17.0 Å². The Balaban J connectivity index is 1.66. The summed E-state index contributed by atoms with van der Waals surface area (Å²) in [5.74, 6) is 1.84. The molecule has 1 amide bonds. The minimum absolute atomic E-state index is 0.0876. The van der Waals surface area contributed by atoms with E-state index in [1.54, 1.807) is 42.5 Å². The molecule has 1 aliphatic heterocycles. The van der Waals surface area contributed by atoms with Crippen LogP contribution in [0.15, 0.2) is 36.5 Å². The van der Waals surface area contributed by atoms with Gasteiger partial charge in [-0.05, 0) is 25.1 Å². The number of fused-ring (bicyclic) bond motifs is 1. The van der Waals surface area contributed by atoms with Crippen LogP contribution < -0.4 is 4.74 Å². The summed E-state index contributed by atoms with van der Waals surface area (Å²) in [5.41, 5.74) is 1.05. The molecular formula is C19H17Cl2N5O2. The minimum atomic E-state index is -0.185. The number of ether oxygens (including phenoxy) is 1. The Morgan fingerprint density at radius 3 is 2.86 bits per heavy atom. The summed E-state index contributed by atoms with van der Waals surface area (Å²) in [6.07, 6.45) is 1.67. The molecule has 0 fully saturated rings. The quantitative estimate of drug-likeness (QED) is 0.649. The molecular weight excluding hydrogens is 401 g/mol. The summed E-state index contributed by atoms with van der Waals surface area (Å²) in [7, 11) is 1.60. The predicted molar refractivity (Wildman–Crippen MR) is 106 cm³/mol. The Morgan fingerprint density at radius 2 is 2.07 bits per heavy atom. The second kappa shape index (κ2) is 7.41. The first-order valence-corrected chi connectivity index (χ1v) is 9.42. The van der Waals surface area contributed by atoms with E-state index in [4.69, 9.17) is 27.9 Å². The number of pyridine rings is 1. The molecule has 144 valence electrons. The molecule has 0 saturated heterocycles. The van der Waals surface area contributed by atoms with Crippen LogP contribution >= 0.6 is 23.2 Å². The van der Waals surface area contributed by atoms with Crippen molar-refractivity contribution in [1.29, 1.82) is 0 Å². The van der Waals surface area contributed by atoms with E-state index in [1.807, 2.05) is 17.6 Å². The highest BCUT2D eigenvalue weighted by Gasteiger charge is 2.32. The Hall–Kier alpha value is -2.64. The zero-order valence-corrected chi connectivity index (χ0v) is 16.8. The van der Waals surface area contributed by atoms with Crippen molar-refractivity contribution < 1.29 is 9.53 Å². The molecule has 0 radical (unpaired) electrons. The molecule has 7 nitrogen and oxygen atoms in total. The number of methoxy groups -OCH3 is 1. The van der Waals surface area contributed by atoms with E-state index in [2.05, 4.69) is 15.2 Å². The van der Waals surface area contributed by atoms with Gasteiger partial charge < -0.3 is 14.2 Å². The fraction of sp³-hybridized carbons (Fsp3) is 0.263. The summed E-state index contributed by atoms with van der Waals surface area (Å²) in [4.78, 5) is 19.1. The van der Waals surface area contributed by atoms with Crippen LogP contribution in [-0.4, -0.2) is 43.7 Å². The van der Waals surface area contributed by atoms with Crippen LogP contribution in [-0.2, 0) is 13.1 Å². The number of halogens is 2. The smallest absolute Gasteiger partial charge is 0.256 e. The summed E-state index contributed by atoms with van der Waals surface area (Å²) in [6, 6.07) is 8.54. The van der Waals surface area contributed by atoms with Crippen LogP contribution in [0.1, 0.15) is 23.1 Å². The van der Waals surface area contributed by atoms with Gasteiger partial charge in [0.05, 0.1) is 29.3 Å². The summed E-state index contributed by atoms with van der Waals surface area (Å²) < 4.78 is 7.24. The Labute approximate surface area is 171 Å². The summed E-state index contributed by atoms with van der Waals surface area (Å²) >= 11 is 12.3. The van der Waals surface area contributed by atoms with Gasteiger partial charge in [-0.2, -0.15) is 0 Å². The van der Waals surface area contributed by atoms with Gasteiger partial charge in [-0.25, -0.2) is 0 Å². The molecule has 2 aromatic heterocycles. The number of aromatic nitrogens is 4. The maximum Gasteiger partial charge on any atom is 0.256 e. The Morgan fingerprint density at radius 1 is 1.25 bits per heavy atom. The molecule has 1 aromatic carbocycles. The number of rotatable bonds is 3. The van der Waals surface area contributed by atoms with Gasteiger partial charge in [0, 0.05) is 24.8 Å². The fourth-order valence-corrected chi connectivity index (χ4v) is 3.64. The van der Waals surface area contributed by atoms with Gasteiger partial charge >= 0.3 is 0 Å². The van der Waals surface area contributed by atoms with Crippen LogP contribution in [0.25, 0.3) is 11.5 Å². The van der Waals surface area contributed by atoms with Gasteiger partial charge in [0.15, 0.2) is 11.6 Å². The minimum Gasteiger partial charge on any atom is -0.497 e. The van der Waals surface area contributed by atoms with E-state index in [0.717, 1.165) is 0 Å². The van der Waals surface area contributed by atoms with Crippen molar-refractivity contribution in [2.75, 3.05) is 7.11 Å². The lowest BCUT2D eigenvalue weighted by Gasteiger charge is -2.34. The number of hydrogen-bond acceptors (Lipinski definition) is 5. The van der Waals surface area contributed by atoms with Crippen LogP contribution in [0.4, 0.5) is 0 Å². The average Bonchev–Trinajstić information content (AvgIpc) is 3.11. The van der Waals surface area contributed by atoms with E-state index in [9.17, 15) is 4.79 Å². The lowest BCUT2D eigenvalue weighted by Crippen LogP contribution is -2.45. The number of benzene rings is 1. The average molecular weight is 418 g/mol. The van der Waals surface area contributed by atoms with Gasteiger partial charge in [-0.15, -0.1) is 10.2 Å². The summed E-state index contributed by atoms with van der Waals surface area (Å²) in [5, 5.41) is 9.17. The number of nitrogens with zero attached hydrogens (tertiary/aromatic N) is 5. The standard InChI is InChI=1S/C19H17Cl2N5O2/c1-11-9-26-16(23-24-18(26)15-8-12(28-2)6-7-22-15)10-25(11)19(27)13-4-3-5-14(20)17(13)21/h3-8,11H,9-10H2,1-2H3/t11-/m1/s1. The van der Waals surface area contributed by atoms with Gasteiger partial charge in [-0.3, -0.25) is 9.78 Å². The molecule has 0 saturated carbocycles. The number of carbonyl (C=O) groups is 1. The maximum absolute atomic E-state index is 13.0. The van der Waals surface area contributed by atoms with Crippen molar-refractivity contribution in [1.82, 2.24) is 24.6 Å². The number of hydrogen-bond donors (Lipinski definition) is 0. The zero-order valence-electron chi connectivity index (χ0n) is 15.3. The lowest BCUT2D eigenvalue weighted by atomic mass is 10.1. The molecule has 9 heteroatoms. The van der Waals surface area contributed by atoms with Crippen LogP contribution in [0.3, 0.4) is 0 Å². The van der Waals surface area contributed by atoms with Gasteiger partial charge in [0.1, 0.15) is 11.4 Å². The third kappa shape index (κ3) is 3.21. The van der Waals surface area contributed by atoms with Crippen molar-refractivity contribution in [2.45, 2.75) is 26.1 Å². The van der Waals surface area contributed by atoms with Gasteiger partial charge in [0.25, 0.3) is 5.91 Å². The Bertz CT molecular complexity index is 1050. The molecule has 0 aliphatic carbocycles. The molecule has 1 aliphatic rings. The maximum atomic E-state index is 13.0. The number of carbonyl (C=O) groups excluding carboxylic acids is 1. The number of amides is 1. The van der Waals surface area contributed by atoms with E-state index < -0.39 is 0 Å². The van der Waals surface area contributed by atoms with Crippen molar-refractivity contribution in [3.63, 3.8) is 0 Å². The second-order valence-corrected chi connectivity index (χ2v) is 7.30. The van der Waals surface area contributed by atoms with Crippen molar-refractivity contribution in [2.24, 2.45) is 0 Å².